The minimum Gasteiger partial charge on any atom is -0.377 e. The fourth-order valence-electron chi connectivity index (χ4n) is 4.16. The third-order valence-corrected chi connectivity index (χ3v) is 5.51. The second-order valence-electron chi connectivity index (χ2n) is 8.50. The number of ether oxygens (including phenoxy) is 1. The first-order valence-electron chi connectivity index (χ1n) is 9.52. The fourth-order valence-corrected chi connectivity index (χ4v) is 4.16. The monoisotopic (exact) mass is 324 g/mol. The summed E-state index contributed by atoms with van der Waals surface area (Å²) in [6, 6.07) is 0.508. The minimum atomic E-state index is 0.0927. The summed E-state index contributed by atoms with van der Waals surface area (Å²) in [5.74, 6) is 0.426. The molecule has 4 heteroatoms. The summed E-state index contributed by atoms with van der Waals surface area (Å²) in [6.45, 7) is 8.28. The molecule has 0 aromatic carbocycles. The molecule has 1 saturated heterocycles. The summed E-state index contributed by atoms with van der Waals surface area (Å²) in [5, 5.41) is 3.18. The largest absolute Gasteiger partial charge is 0.377 e. The predicted molar refractivity (Wildman–Crippen MR) is 94.6 cm³/mol. The molecule has 1 heterocycles. The van der Waals surface area contributed by atoms with Crippen LogP contribution in [0.25, 0.3) is 0 Å². The normalized spacial score (nSPS) is 27.3. The van der Waals surface area contributed by atoms with Crippen LogP contribution in [0.4, 0.5) is 4.79 Å². The minimum absolute atomic E-state index is 0.0927. The molecule has 1 saturated carbocycles. The quantitative estimate of drug-likeness (QED) is 0.791. The van der Waals surface area contributed by atoms with Gasteiger partial charge in [-0.15, -0.1) is 0 Å². The maximum Gasteiger partial charge on any atom is 0.317 e. The Bertz CT molecular complexity index is 370. The van der Waals surface area contributed by atoms with Gasteiger partial charge in [-0.25, -0.2) is 4.79 Å². The molecular weight excluding hydrogens is 288 g/mol. The predicted octanol–water partition coefficient (Wildman–Crippen LogP) is 4.19. The van der Waals surface area contributed by atoms with Crippen molar-refractivity contribution in [2.24, 2.45) is 11.3 Å². The van der Waals surface area contributed by atoms with Crippen LogP contribution in [0.1, 0.15) is 72.1 Å². The first kappa shape index (κ1) is 18.6. The van der Waals surface area contributed by atoms with E-state index >= 15 is 0 Å². The van der Waals surface area contributed by atoms with E-state index in [-0.39, 0.29) is 17.6 Å². The van der Waals surface area contributed by atoms with Crippen LogP contribution in [0.2, 0.25) is 0 Å². The summed E-state index contributed by atoms with van der Waals surface area (Å²) in [4.78, 5) is 14.5. The van der Waals surface area contributed by atoms with Gasteiger partial charge in [-0.3, -0.25) is 0 Å². The third-order valence-electron chi connectivity index (χ3n) is 5.51. The Kier molecular flexibility index (Phi) is 6.75. The van der Waals surface area contributed by atoms with Crippen molar-refractivity contribution in [3.05, 3.63) is 0 Å². The first-order valence-corrected chi connectivity index (χ1v) is 9.52. The first-order chi connectivity index (χ1) is 10.9. The SMILES string of the molecule is CN(C(=O)NC[C@@H]1CCCO[C@@H]1C(C)(C)C)C1CCCCCC1. The lowest BCUT2D eigenvalue weighted by Crippen LogP contribution is -2.49. The van der Waals surface area contributed by atoms with Crippen LogP contribution in [0.3, 0.4) is 0 Å². The van der Waals surface area contributed by atoms with Crippen LogP contribution in [0.5, 0.6) is 0 Å². The van der Waals surface area contributed by atoms with Crippen LogP contribution in [0, 0.1) is 11.3 Å². The van der Waals surface area contributed by atoms with Crippen molar-refractivity contribution in [3.8, 4) is 0 Å². The maximum atomic E-state index is 12.5. The number of amides is 2. The van der Waals surface area contributed by atoms with E-state index < -0.39 is 0 Å². The van der Waals surface area contributed by atoms with E-state index in [0.717, 1.165) is 38.8 Å². The van der Waals surface area contributed by atoms with Crippen molar-refractivity contribution >= 4 is 6.03 Å². The summed E-state index contributed by atoms with van der Waals surface area (Å²) < 4.78 is 6.02. The molecule has 1 aliphatic carbocycles. The number of nitrogens with zero attached hydrogens (tertiary/aromatic N) is 1. The molecule has 0 aromatic heterocycles. The average Bonchev–Trinajstić information content (AvgIpc) is 2.80. The van der Waals surface area contributed by atoms with Gasteiger partial charge < -0.3 is 15.0 Å². The van der Waals surface area contributed by atoms with E-state index in [2.05, 4.69) is 26.1 Å². The van der Waals surface area contributed by atoms with Crippen molar-refractivity contribution in [1.29, 1.82) is 0 Å². The molecule has 2 rings (SSSR count). The maximum absolute atomic E-state index is 12.5. The van der Waals surface area contributed by atoms with Crippen LogP contribution in [0.15, 0.2) is 0 Å². The van der Waals surface area contributed by atoms with Crippen LogP contribution >= 0.6 is 0 Å². The molecule has 0 spiro atoms. The Hall–Kier alpha value is -0.770. The van der Waals surface area contributed by atoms with Crippen molar-refractivity contribution in [2.45, 2.75) is 84.3 Å². The number of urea groups is 1. The third kappa shape index (κ3) is 5.37. The fraction of sp³-hybridized carbons (Fsp3) is 0.947. The topological polar surface area (TPSA) is 41.6 Å². The molecule has 0 unspecified atom stereocenters. The lowest BCUT2D eigenvalue weighted by Gasteiger charge is -2.40. The van der Waals surface area contributed by atoms with Gasteiger partial charge in [0, 0.05) is 32.2 Å². The molecule has 1 N–H and O–H groups in total. The molecule has 134 valence electrons. The van der Waals surface area contributed by atoms with Crippen molar-refractivity contribution in [3.63, 3.8) is 0 Å². The molecule has 0 bridgehead atoms. The highest BCUT2D eigenvalue weighted by molar-refractivity contribution is 5.74. The summed E-state index contributed by atoms with van der Waals surface area (Å²) in [6.07, 6.45) is 9.94. The van der Waals surface area contributed by atoms with Gasteiger partial charge in [0.2, 0.25) is 0 Å². The Morgan fingerprint density at radius 2 is 1.74 bits per heavy atom. The molecule has 1 aliphatic heterocycles. The van der Waals surface area contributed by atoms with Gasteiger partial charge in [-0.1, -0.05) is 46.5 Å². The van der Waals surface area contributed by atoms with Gasteiger partial charge in [0.05, 0.1) is 6.10 Å². The highest BCUT2D eigenvalue weighted by atomic mass is 16.5. The Balaban J connectivity index is 1.84. The smallest absolute Gasteiger partial charge is 0.317 e. The van der Waals surface area contributed by atoms with E-state index in [1.54, 1.807) is 0 Å². The summed E-state index contributed by atoms with van der Waals surface area (Å²) >= 11 is 0. The summed E-state index contributed by atoms with van der Waals surface area (Å²) in [7, 11) is 1.96. The van der Waals surface area contributed by atoms with Gasteiger partial charge >= 0.3 is 6.03 Å². The molecule has 0 radical (unpaired) electrons. The average molecular weight is 325 g/mol. The highest BCUT2D eigenvalue weighted by Crippen LogP contribution is 2.33. The number of rotatable bonds is 3. The zero-order chi connectivity index (χ0) is 16.9. The highest BCUT2D eigenvalue weighted by Gasteiger charge is 2.35. The van der Waals surface area contributed by atoms with Gasteiger partial charge in [0.25, 0.3) is 0 Å². The molecule has 2 fully saturated rings. The number of hydrogen-bond acceptors (Lipinski definition) is 2. The van der Waals surface area contributed by atoms with Gasteiger partial charge in [-0.2, -0.15) is 0 Å². The standard InChI is InChI=1S/C19H36N2O2/c1-19(2,3)17-15(10-9-13-23-17)14-20-18(22)21(4)16-11-7-5-6-8-12-16/h15-17H,5-14H2,1-4H3,(H,20,22)/t15-,17-/m0/s1. The van der Waals surface area contributed by atoms with E-state index in [1.165, 1.54) is 25.7 Å². The van der Waals surface area contributed by atoms with Crippen molar-refractivity contribution in [2.75, 3.05) is 20.2 Å². The molecule has 23 heavy (non-hydrogen) atoms. The van der Waals surface area contributed by atoms with Gasteiger partial charge in [-0.05, 0) is 31.1 Å². The molecule has 2 amide bonds. The van der Waals surface area contributed by atoms with E-state index in [4.69, 9.17) is 4.74 Å². The lowest BCUT2D eigenvalue weighted by atomic mass is 9.78. The zero-order valence-electron chi connectivity index (χ0n) is 15.6. The Morgan fingerprint density at radius 3 is 2.35 bits per heavy atom. The van der Waals surface area contributed by atoms with Crippen LogP contribution in [-0.2, 0) is 4.74 Å². The van der Waals surface area contributed by atoms with Crippen molar-refractivity contribution < 1.29 is 9.53 Å². The Morgan fingerprint density at radius 1 is 1.09 bits per heavy atom. The van der Waals surface area contributed by atoms with Crippen molar-refractivity contribution in [1.82, 2.24) is 10.2 Å². The van der Waals surface area contributed by atoms with Gasteiger partial charge in [0.1, 0.15) is 0 Å². The molecule has 2 aliphatic rings. The number of carbonyl (C=O) groups excluding carboxylic acids is 1. The van der Waals surface area contributed by atoms with Gasteiger partial charge in [0.15, 0.2) is 0 Å². The summed E-state index contributed by atoms with van der Waals surface area (Å²) in [5.41, 5.74) is 0.128. The van der Waals surface area contributed by atoms with E-state index in [9.17, 15) is 4.79 Å². The number of hydrogen-bond donors (Lipinski definition) is 1. The Labute approximate surface area is 142 Å². The van der Waals surface area contributed by atoms with E-state index in [1.807, 2.05) is 11.9 Å². The molecule has 0 aromatic rings. The number of carbonyl (C=O) groups is 1. The second-order valence-corrected chi connectivity index (χ2v) is 8.50. The lowest BCUT2D eigenvalue weighted by molar-refractivity contribution is -0.0839. The van der Waals surface area contributed by atoms with Crippen LogP contribution in [-0.4, -0.2) is 43.3 Å². The second kappa shape index (κ2) is 8.36. The number of nitrogens with one attached hydrogen (secondary N) is 1. The molecule has 2 atom stereocenters. The van der Waals surface area contributed by atoms with E-state index in [0.29, 0.717) is 12.0 Å². The van der Waals surface area contributed by atoms with Crippen LogP contribution < -0.4 is 5.32 Å². The molecule has 4 nitrogen and oxygen atoms in total. The molecular formula is C19H36N2O2. The zero-order valence-corrected chi connectivity index (χ0v) is 15.6.